The van der Waals surface area contributed by atoms with E-state index in [1.165, 1.54) is 19.3 Å². The van der Waals surface area contributed by atoms with Crippen molar-refractivity contribution in [3.8, 4) is 0 Å². The Morgan fingerprint density at radius 2 is 2.00 bits per heavy atom. The van der Waals surface area contributed by atoms with Crippen molar-refractivity contribution in [3.05, 3.63) is 0 Å². The van der Waals surface area contributed by atoms with Crippen molar-refractivity contribution in [1.82, 2.24) is 0 Å². The molecule has 2 aliphatic rings. The summed E-state index contributed by atoms with van der Waals surface area (Å²) in [5.41, 5.74) is 0. The number of fused-ring (bicyclic) bond motifs is 1. The zero-order valence-electron chi connectivity index (χ0n) is 5.42. The van der Waals surface area contributed by atoms with Crippen LogP contribution < -0.4 is 0 Å². The van der Waals surface area contributed by atoms with Crippen molar-refractivity contribution in [1.29, 1.82) is 0 Å². The van der Waals surface area contributed by atoms with Crippen LogP contribution in [0.5, 0.6) is 0 Å². The number of hydrogen-bond donors (Lipinski definition) is 1. The summed E-state index contributed by atoms with van der Waals surface area (Å²) >= 11 is 0. The zero-order valence-corrected chi connectivity index (χ0v) is 5.42. The molecule has 0 aromatic rings. The fourth-order valence-electron chi connectivity index (χ4n) is 1.59. The molecular formula is C7H12O2. The number of hydrogen-bond acceptors (Lipinski definition) is 2. The maximum atomic E-state index is 9.27. The molecule has 0 spiro atoms. The van der Waals surface area contributed by atoms with E-state index in [-0.39, 0.29) is 12.2 Å². The predicted molar refractivity (Wildman–Crippen MR) is 33.1 cm³/mol. The van der Waals surface area contributed by atoms with E-state index in [0.29, 0.717) is 6.10 Å². The van der Waals surface area contributed by atoms with Gasteiger partial charge in [-0.1, -0.05) is 12.8 Å². The van der Waals surface area contributed by atoms with Crippen molar-refractivity contribution in [2.45, 2.75) is 44.0 Å². The van der Waals surface area contributed by atoms with Crippen LogP contribution in [0.25, 0.3) is 0 Å². The number of aliphatic hydroxyl groups excluding tert-OH is 1. The van der Waals surface area contributed by atoms with Gasteiger partial charge < -0.3 is 9.84 Å². The summed E-state index contributed by atoms with van der Waals surface area (Å²) in [6.45, 7) is 0. The van der Waals surface area contributed by atoms with Crippen LogP contribution in [0, 0.1) is 0 Å². The molecule has 0 bridgehead atoms. The van der Waals surface area contributed by atoms with E-state index in [1.807, 2.05) is 0 Å². The zero-order chi connectivity index (χ0) is 6.27. The topological polar surface area (TPSA) is 32.8 Å². The molecule has 1 saturated carbocycles. The van der Waals surface area contributed by atoms with Crippen LogP contribution in [0.4, 0.5) is 0 Å². The molecular weight excluding hydrogens is 116 g/mol. The Labute approximate surface area is 54.8 Å². The molecule has 1 aliphatic carbocycles. The summed E-state index contributed by atoms with van der Waals surface area (Å²) < 4.78 is 5.22. The highest BCUT2D eigenvalue weighted by molar-refractivity contribution is 4.92. The predicted octanol–water partition coefficient (Wildman–Crippen LogP) is 0.689. The second-order valence-corrected chi connectivity index (χ2v) is 2.99. The van der Waals surface area contributed by atoms with Crippen molar-refractivity contribution < 1.29 is 9.84 Å². The van der Waals surface area contributed by atoms with E-state index < -0.39 is 0 Å². The fraction of sp³-hybridized carbons (Fsp3) is 1.00. The average Bonchev–Trinajstić information content (AvgIpc) is 2.55. The molecule has 0 amide bonds. The van der Waals surface area contributed by atoms with Crippen molar-refractivity contribution in [2.75, 3.05) is 0 Å². The third kappa shape index (κ3) is 0.970. The Hall–Kier alpha value is -0.0800. The van der Waals surface area contributed by atoms with Gasteiger partial charge in [0.1, 0.15) is 6.10 Å². The fourth-order valence-corrected chi connectivity index (χ4v) is 1.59. The molecule has 52 valence electrons. The molecule has 0 radical (unpaired) electrons. The summed E-state index contributed by atoms with van der Waals surface area (Å²) in [6, 6.07) is 0. The maximum absolute atomic E-state index is 9.27. The van der Waals surface area contributed by atoms with E-state index in [0.717, 1.165) is 6.42 Å². The van der Waals surface area contributed by atoms with E-state index >= 15 is 0 Å². The Morgan fingerprint density at radius 1 is 1.22 bits per heavy atom. The molecule has 1 aliphatic heterocycles. The summed E-state index contributed by atoms with van der Waals surface area (Å²) in [5.74, 6) is 0. The standard InChI is InChI=1S/C7H12O2/c8-5-3-1-2-4-6-7(5)9-6/h5-8H,1-4H2/t5-,6-,7+/m1/s1. The van der Waals surface area contributed by atoms with Crippen LogP contribution in [0.2, 0.25) is 0 Å². The number of epoxide rings is 1. The molecule has 2 fully saturated rings. The molecule has 2 nitrogen and oxygen atoms in total. The summed E-state index contributed by atoms with van der Waals surface area (Å²) in [4.78, 5) is 0. The smallest absolute Gasteiger partial charge is 0.110 e. The van der Waals surface area contributed by atoms with Crippen LogP contribution in [0.15, 0.2) is 0 Å². The van der Waals surface area contributed by atoms with Crippen molar-refractivity contribution in [3.63, 3.8) is 0 Å². The van der Waals surface area contributed by atoms with Crippen LogP contribution in [-0.4, -0.2) is 23.4 Å². The SMILES string of the molecule is O[C@@H]1CCCC[C@H]2O[C@@H]12. The highest BCUT2D eigenvalue weighted by Gasteiger charge is 2.44. The average molecular weight is 128 g/mol. The molecule has 0 aromatic heterocycles. The first kappa shape index (κ1) is 5.69. The second kappa shape index (κ2) is 1.96. The maximum Gasteiger partial charge on any atom is 0.110 e. The van der Waals surface area contributed by atoms with E-state index in [9.17, 15) is 5.11 Å². The van der Waals surface area contributed by atoms with Gasteiger partial charge in [-0.05, 0) is 12.8 Å². The number of ether oxygens (including phenoxy) is 1. The van der Waals surface area contributed by atoms with Gasteiger partial charge in [0.15, 0.2) is 0 Å². The third-order valence-corrected chi connectivity index (χ3v) is 2.24. The quantitative estimate of drug-likeness (QED) is 0.487. The lowest BCUT2D eigenvalue weighted by Gasteiger charge is -2.02. The largest absolute Gasteiger partial charge is 0.390 e. The van der Waals surface area contributed by atoms with Crippen LogP contribution in [-0.2, 0) is 4.74 Å². The van der Waals surface area contributed by atoms with Gasteiger partial charge in [0, 0.05) is 0 Å². The summed E-state index contributed by atoms with van der Waals surface area (Å²) in [7, 11) is 0. The molecule has 1 N–H and O–H groups in total. The van der Waals surface area contributed by atoms with E-state index in [2.05, 4.69) is 0 Å². The minimum Gasteiger partial charge on any atom is -0.390 e. The molecule has 1 heterocycles. The van der Waals surface area contributed by atoms with Crippen LogP contribution in [0.3, 0.4) is 0 Å². The minimum atomic E-state index is -0.155. The van der Waals surface area contributed by atoms with E-state index in [4.69, 9.17) is 4.74 Å². The lowest BCUT2D eigenvalue weighted by Crippen LogP contribution is -2.14. The van der Waals surface area contributed by atoms with Gasteiger partial charge in [-0.15, -0.1) is 0 Å². The van der Waals surface area contributed by atoms with Crippen molar-refractivity contribution in [2.24, 2.45) is 0 Å². The lowest BCUT2D eigenvalue weighted by molar-refractivity contribution is 0.122. The molecule has 0 aromatic carbocycles. The summed E-state index contributed by atoms with van der Waals surface area (Å²) in [6.07, 6.45) is 5.01. The normalized spacial score (nSPS) is 49.7. The minimum absolute atomic E-state index is 0.155. The first-order valence-electron chi connectivity index (χ1n) is 3.71. The van der Waals surface area contributed by atoms with E-state index in [1.54, 1.807) is 0 Å². The van der Waals surface area contributed by atoms with Gasteiger partial charge >= 0.3 is 0 Å². The monoisotopic (exact) mass is 128 g/mol. The highest BCUT2D eigenvalue weighted by Crippen LogP contribution is 2.34. The molecule has 2 heteroatoms. The molecule has 0 unspecified atom stereocenters. The van der Waals surface area contributed by atoms with Gasteiger partial charge in [-0.3, -0.25) is 0 Å². The van der Waals surface area contributed by atoms with Gasteiger partial charge in [-0.2, -0.15) is 0 Å². The Balaban J connectivity index is 1.96. The van der Waals surface area contributed by atoms with Crippen LogP contribution in [0.1, 0.15) is 25.7 Å². The molecule has 9 heavy (non-hydrogen) atoms. The van der Waals surface area contributed by atoms with Gasteiger partial charge in [0.2, 0.25) is 0 Å². The lowest BCUT2D eigenvalue weighted by atomic mass is 10.2. The van der Waals surface area contributed by atoms with Crippen molar-refractivity contribution >= 4 is 0 Å². The van der Waals surface area contributed by atoms with Gasteiger partial charge in [0.05, 0.1) is 12.2 Å². The highest BCUT2D eigenvalue weighted by atomic mass is 16.6. The third-order valence-electron chi connectivity index (χ3n) is 2.24. The Morgan fingerprint density at radius 3 is 2.89 bits per heavy atom. The number of rotatable bonds is 0. The molecule has 1 saturated heterocycles. The number of aliphatic hydroxyl groups is 1. The van der Waals surface area contributed by atoms with Gasteiger partial charge in [-0.25, -0.2) is 0 Å². The van der Waals surface area contributed by atoms with Gasteiger partial charge in [0.25, 0.3) is 0 Å². The molecule has 2 rings (SSSR count). The Kier molecular flexibility index (Phi) is 1.24. The second-order valence-electron chi connectivity index (χ2n) is 2.99. The first-order valence-corrected chi connectivity index (χ1v) is 3.71. The Bertz CT molecular complexity index is 113. The summed E-state index contributed by atoms with van der Waals surface area (Å²) in [5, 5.41) is 9.27. The first-order chi connectivity index (χ1) is 4.38. The van der Waals surface area contributed by atoms with Crippen LogP contribution >= 0.6 is 0 Å². The molecule has 3 atom stereocenters.